The lowest BCUT2D eigenvalue weighted by Gasteiger charge is -2.13. The summed E-state index contributed by atoms with van der Waals surface area (Å²) in [6.07, 6.45) is 7.16. The van der Waals surface area contributed by atoms with Crippen LogP contribution >= 0.6 is 0 Å². The van der Waals surface area contributed by atoms with E-state index in [4.69, 9.17) is 9.73 Å². The standard InChI is InChI=1S/C25H22N4O/c1-2-8-21(9-3-1)25(29-17-22-10-4-6-14-26-22)19-30-18-20-12-13-24(28-16-20)23-11-5-7-15-27-23/h1-17,25H,18-19H2/t25-/m1/s1. The number of benzene rings is 1. The molecule has 1 aromatic carbocycles. The zero-order valence-corrected chi connectivity index (χ0v) is 16.5. The second kappa shape index (κ2) is 10.2. The van der Waals surface area contributed by atoms with Crippen LogP contribution in [0.15, 0.2) is 102 Å². The van der Waals surface area contributed by atoms with Crippen molar-refractivity contribution in [3.8, 4) is 11.4 Å². The molecule has 4 rings (SSSR count). The predicted molar refractivity (Wildman–Crippen MR) is 118 cm³/mol. The van der Waals surface area contributed by atoms with Crippen LogP contribution in [0.3, 0.4) is 0 Å². The Kier molecular flexibility index (Phi) is 6.66. The lowest BCUT2D eigenvalue weighted by Crippen LogP contribution is -2.07. The molecule has 0 bridgehead atoms. The first-order valence-corrected chi connectivity index (χ1v) is 9.82. The van der Waals surface area contributed by atoms with E-state index in [2.05, 4.69) is 27.1 Å². The van der Waals surface area contributed by atoms with E-state index in [1.807, 2.05) is 72.9 Å². The molecule has 0 aliphatic carbocycles. The van der Waals surface area contributed by atoms with Crippen LogP contribution in [0.1, 0.15) is 22.9 Å². The van der Waals surface area contributed by atoms with Crippen LogP contribution in [-0.4, -0.2) is 27.8 Å². The molecule has 1 atom stereocenters. The fourth-order valence-electron chi connectivity index (χ4n) is 2.98. The second-order valence-electron chi connectivity index (χ2n) is 6.74. The van der Waals surface area contributed by atoms with Gasteiger partial charge in [0.25, 0.3) is 0 Å². The Morgan fingerprint density at radius 3 is 2.23 bits per heavy atom. The third-order valence-corrected chi connectivity index (χ3v) is 4.56. The van der Waals surface area contributed by atoms with Gasteiger partial charge in [-0.3, -0.25) is 19.9 Å². The average molecular weight is 394 g/mol. The van der Waals surface area contributed by atoms with E-state index in [9.17, 15) is 0 Å². The maximum absolute atomic E-state index is 5.98. The average Bonchev–Trinajstić information content (AvgIpc) is 2.83. The summed E-state index contributed by atoms with van der Waals surface area (Å²) >= 11 is 0. The van der Waals surface area contributed by atoms with Gasteiger partial charge in [0, 0.05) is 24.8 Å². The highest BCUT2D eigenvalue weighted by molar-refractivity contribution is 5.76. The summed E-state index contributed by atoms with van der Waals surface area (Å²) in [5.41, 5.74) is 4.65. The molecule has 148 valence electrons. The van der Waals surface area contributed by atoms with E-state index in [-0.39, 0.29) is 6.04 Å². The normalized spacial score (nSPS) is 12.1. The van der Waals surface area contributed by atoms with Gasteiger partial charge in [0.15, 0.2) is 0 Å². The Labute approximate surface area is 176 Å². The molecule has 0 spiro atoms. The SMILES string of the molecule is C(=N[C@H](COCc1ccc(-c2ccccn2)nc1)c1ccccc1)c1ccccn1. The van der Waals surface area contributed by atoms with Gasteiger partial charge >= 0.3 is 0 Å². The first-order chi connectivity index (χ1) is 14.9. The molecule has 0 fully saturated rings. The first kappa shape index (κ1) is 19.6. The summed E-state index contributed by atoms with van der Waals surface area (Å²) < 4.78 is 5.98. The molecule has 0 N–H and O–H groups in total. The quantitative estimate of drug-likeness (QED) is 0.398. The van der Waals surface area contributed by atoms with Crippen molar-refractivity contribution in [2.24, 2.45) is 4.99 Å². The van der Waals surface area contributed by atoms with Crippen molar-refractivity contribution in [1.82, 2.24) is 15.0 Å². The number of ether oxygens (including phenoxy) is 1. The summed E-state index contributed by atoms with van der Waals surface area (Å²) in [4.78, 5) is 17.8. The molecule has 0 saturated carbocycles. The summed E-state index contributed by atoms with van der Waals surface area (Å²) in [7, 11) is 0. The van der Waals surface area contributed by atoms with Crippen LogP contribution in [0, 0.1) is 0 Å². The molecule has 0 amide bonds. The fraction of sp³-hybridized carbons (Fsp3) is 0.120. The van der Waals surface area contributed by atoms with Crippen molar-refractivity contribution in [3.05, 3.63) is 114 Å². The highest BCUT2D eigenvalue weighted by atomic mass is 16.5. The van der Waals surface area contributed by atoms with Crippen molar-refractivity contribution >= 4 is 6.21 Å². The summed E-state index contributed by atoms with van der Waals surface area (Å²) in [6.45, 7) is 0.938. The van der Waals surface area contributed by atoms with E-state index >= 15 is 0 Å². The van der Waals surface area contributed by atoms with Gasteiger partial charge in [-0.15, -0.1) is 0 Å². The summed E-state index contributed by atoms with van der Waals surface area (Å²) in [5, 5.41) is 0. The summed E-state index contributed by atoms with van der Waals surface area (Å²) in [5.74, 6) is 0. The monoisotopic (exact) mass is 394 g/mol. The number of nitrogens with zero attached hydrogens (tertiary/aromatic N) is 4. The Morgan fingerprint density at radius 2 is 1.53 bits per heavy atom. The fourth-order valence-corrected chi connectivity index (χ4v) is 2.98. The number of rotatable bonds is 8. The largest absolute Gasteiger partial charge is 0.374 e. The minimum Gasteiger partial charge on any atom is -0.374 e. The van der Waals surface area contributed by atoms with Gasteiger partial charge in [-0.05, 0) is 41.5 Å². The molecular formula is C25H22N4O. The Hall–Kier alpha value is -3.70. The van der Waals surface area contributed by atoms with Gasteiger partial charge in [0.1, 0.15) is 0 Å². The van der Waals surface area contributed by atoms with Crippen molar-refractivity contribution in [1.29, 1.82) is 0 Å². The zero-order chi connectivity index (χ0) is 20.4. The van der Waals surface area contributed by atoms with Gasteiger partial charge in [-0.1, -0.05) is 48.5 Å². The van der Waals surface area contributed by atoms with Crippen LogP contribution in [0.25, 0.3) is 11.4 Å². The molecule has 0 aliphatic rings. The van der Waals surface area contributed by atoms with Crippen molar-refractivity contribution in [2.75, 3.05) is 6.61 Å². The van der Waals surface area contributed by atoms with Crippen LogP contribution in [0.2, 0.25) is 0 Å². The van der Waals surface area contributed by atoms with Crippen molar-refractivity contribution in [2.45, 2.75) is 12.6 Å². The highest BCUT2D eigenvalue weighted by Gasteiger charge is 2.10. The van der Waals surface area contributed by atoms with E-state index in [1.165, 1.54) is 0 Å². The van der Waals surface area contributed by atoms with E-state index in [1.54, 1.807) is 18.6 Å². The Morgan fingerprint density at radius 1 is 0.767 bits per heavy atom. The maximum atomic E-state index is 5.98. The van der Waals surface area contributed by atoms with Crippen molar-refractivity contribution in [3.63, 3.8) is 0 Å². The molecule has 3 heterocycles. The number of aliphatic imine (C=N–C) groups is 1. The topological polar surface area (TPSA) is 60.3 Å². The Balaban J connectivity index is 1.39. The van der Waals surface area contributed by atoms with Gasteiger partial charge in [0.2, 0.25) is 0 Å². The smallest absolute Gasteiger partial charge is 0.0983 e. The van der Waals surface area contributed by atoms with Gasteiger partial charge < -0.3 is 4.74 Å². The first-order valence-electron chi connectivity index (χ1n) is 9.82. The molecule has 0 unspecified atom stereocenters. The molecule has 0 radical (unpaired) electrons. The number of hydrogen-bond donors (Lipinski definition) is 0. The zero-order valence-electron chi connectivity index (χ0n) is 16.5. The summed E-state index contributed by atoms with van der Waals surface area (Å²) in [6, 6.07) is 25.6. The molecular weight excluding hydrogens is 372 g/mol. The lowest BCUT2D eigenvalue weighted by molar-refractivity contribution is 0.108. The number of hydrogen-bond acceptors (Lipinski definition) is 5. The van der Waals surface area contributed by atoms with Gasteiger partial charge in [-0.25, -0.2) is 0 Å². The molecule has 3 aromatic heterocycles. The molecule has 4 aromatic rings. The van der Waals surface area contributed by atoms with E-state index < -0.39 is 0 Å². The van der Waals surface area contributed by atoms with Crippen LogP contribution in [-0.2, 0) is 11.3 Å². The van der Waals surface area contributed by atoms with Crippen LogP contribution < -0.4 is 0 Å². The number of aromatic nitrogens is 3. The minimum atomic E-state index is -0.103. The number of pyridine rings is 3. The predicted octanol–water partition coefficient (Wildman–Crippen LogP) is 4.92. The van der Waals surface area contributed by atoms with Crippen molar-refractivity contribution < 1.29 is 4.74 Å². The molecule has 0 saturated heterocycles. The molecule has 5 heteroatoms. The third-order valence-electron chi connectivity index (χ3n) is 4.56. The van der Waals surface area contributed by atoms with Gasteiger partial charge in [0.05, 0.1) is 36.3 Å². The lowest BCUT2D eigenvalue weighted by atomic mass is 10.1. The molecule has 5 nitrogen and oxygen atoms in total. The highest BCUT2D eigenvalue weighted by Crippen LogP contribution is 2.19. The van der Waals surface area contributed by atoms with E-state index in [0.29, 0.717) is 13.2 Å². The Bertz CT molecular complexity index is 1050. The molecule has 0 aliphatic heterocycles. The van der Waals surface area contributed by atoms with Crippen LogP contribution in [0.5, 0.6) is 0 Å². The third kappa shape index (κ3) is 5.43. The van der Waals surface area contributed by atoms with Gasteiger partial charge in [-0.2, -0.15) is 0 Å². The molecule has 30 heavy (non-hydrogen) atoms. The maximum Gasteiger partial charge on any atom is 0.0983 e. The van der Waals surface area contributed by atoms with Crippen LogP contribution in [0.4, 0.5) is 0 Å². The minimum absolute atomic E-state index is 0.103. The second-order valence-corrected chi connectivity index (χ2v) is 6.74. The van der Waals surface area contributed by atoms with E-state index in [0.717, 1.165) is 28.2 Å².